The van der Waals surface area contributed by atoms with Crippen LogP contribution in [0.25, 0.3) is 0 Å². The van der Waals surface area contributed by atoms with Crippen molar-refractivity contribution >= 4 is 5.78 Å². The van der Waals surface area contributed by atoms with Crippen LogP contribution >= 0.6 is 0 Å². The molecule has 2 fully saturated rings. The van der Waals surface area contributed by atoms with Crippen LogP contribution in [0.3, 0.4) is 0 Å². The predicted molar refractivity (Wildman–Crippen MR) is 53.4 cm³/mol. The van der Waals surface area contributed by atoms with Crippen LogP contribution in [-0.4, -0.2) is 5.78 Å². The van der Waals surface area contributed by atoms with Gasteiger partial charge in [0.1, 0.15) is 5.78 Å². The first kappa shape index (κ1) is 8.98. The molecule has 2 rings (SSSR count). The van der Waals surface area contributed by atoms with Crippen molar-refractivity contribution in [2.75, 3.05) is 0 Å². The average molecular weight is 178 g/mol. The summed E-state index contributed by atoms with van der Waals surface area (Å²) in [5.41, 5.74) is 0. The van der Waals surface area contributed by atoms with Crippen molar-refractivity contribution < 1.29 is 4.79 Å². The minimum Gasteiger partial charge on any atom is -0.299 e. The Hall–Kier alpha value is -0.590. The number of rotatable bonds is 4. The van der Waals surface area contributed by atoms with Gasteiger partial charge >= 0.3 is 0 Å². The monoisotopic (exact) mass is 178 g/mol. The molecule has 2 unspecified atom stereocenters. The molecular formula is C12H18O. The van der Waals surface area contributed by atoms with Crippen LogP contribution in [0.15, 0.2) is 12.7 Å². The molecule has 1 heteroatoms. The number of hydrogen-bond donors (Lipinski definition) is 0. The lowest BCUT2D eigenvalue weighted by atomic mass is 10.0. The molecule has 0 aromatic carbocycles. The Morgan fingerprint density at radius 3 is 2.46 bits per heavy atom. The van der Waals surface area contributed by atoms with Crippen molar-refractivity contribution in [2.45, 2.75) is 38.5 Å². The number of hydrogen-bond acceptors (Lipinski definition) is 1. The first-order valence-corrected chi connectivity index (χ1v) is 5.48. The third kappa shape index (κ3) is 1.70. The summed E-state index contributed by atoms with van der Waals surface area (Å²) in [6.07, 6.45) is 8.79. The molecule has 0 radical (unpaired) electrons. The van der Waals surface area contributed by atoms with Crippen molar-refractivity contribution in [1.82, 2.24) is 0 Å². The highest BCUT2D eigenvalue weighted by Gasteiger charge is 2.53. The number of carbonyl (C=O) groups is 1. The minimum atomic E-state index is 0.461. The van der Waals surface area contributed by atoms with E-state index in [-0.39, 0.29) is 0 Å². The fourth-order valence-corrected chi connectivity index (χ4v) is 2.88. The van der Waals surface area contributed by atoms with Gasteiger partial charge in [-0.05, 0) is 31.1 Å². The van der Waals surface area contributed by atoms with Gasteiger partial charge in [0.15, 0.2) is 0 Å². The van der Waals surface area contributed by atoms with Crippen LogP contribution in [0.1, 0.15) is 38.5 Å². The van der Waals surface area contributed by atoms with E-state index in [0.29, 0.717) is 11.7 Å². The first-order chi connectivity index (χ1) is 6.34. The number of allylic oxidation sites excluding steroid dienone is 1. The van der Waals surface area contributed by atoms with Crippen LogP contribution in [0, 0.1) is 17.8 Å². The summed E-state index contributed by atoms with van der Waals surface area (Å²) in [4.78, 5) is 11.7. The molecule has 1 nitrogen and oxygen atoms in total. The molecule has 2 aliphatic carbocycles. The lowest BCUT2D eigenvalue weighted by Gasteiger charge is -2.04. The maximum Gasteiger partial charge on any atom is 0.136 e. The number of carbonyl (C=O) groups excluding carboxylic acids is 1. The standard InChI is InChI=1S/C12H18O/c1-2-3-8-11(13)12-9-6-4-5-7-10(9)12/h2,9-10,12H,1,3-8H2. The molecule has 0 saturated heterocycles. The highest BCUT2D eigenvalue weighted by Crippen LogP contribution is 2.56. The molecular weight excluding hydrogens is 160 g/mol. The number of ketones is 1. The van der Waals surface area contributed by atoms with Gasteiger partial charge in [-0.25, -0.2) is 0 Å². The number of fused-ring (bicyclic) bond motifs is 1. The summed E-state index contributed by atoms with van der Waals surface area (Å²) in [5, 5.41) is 0. The Kier molecular flexibility index (Phi) is 2.52. The van der Waals surface area contributed by atoms with Crippen LogP contribution in [-0.2, 0) is 4.79 Å². The predicted octanol–water partition coefficient (Wildman–Crippen LogP) is 2.96. The van der Waals surface area contributed by atoms with E-state index >= 15 is 0 Å². The Balaban J connectivity index is 1.82. The summed E-state index contributed by atoms with van der Waals surface area (Å²) in [6, 6.07) is 0. The normalized spacial score (nSPS) is 36.5. The Morgan fingerprint density at radius 1 is 1.31 bits per heavy atom. The first-order valence-electron chi connectivity index (χ1n) is 5.48. The third-order valence-electron chi connectivity index (χ3n) is 3.62. The van der Waals surface area contributed by atoms with Gasteiger partial charge in [-0.2, -0.15) is 0 Å². The third-order valence-corrected chi connectivity index (χ3v) is 3.62. The van der Waals surface area contributed by atoms with Gasteiger partial charge in [0.2, 0.25) is 0 Å². The Labute approximate surface area is 80.2 Å². The maximum atomic E-state index is 11.7. The van der Waals surface area contributed by atoms with E-state index in [9.17, 15) is 4.79 Å². The van der Waals surface area contributed by atoms with E-state index in [4.69, 9.17) is 0 Å². The smallest absolute Gasteiger partial charge is 0.136 e. The molecule has 0 N–H and O–H groups in total. The SMILES string of the molecule is C=CCCC(=O)C1C2CCCCC21. The summed E-state index contributed by atoms with van der Waals surface area (Å²) >= 11 is 0. The average Bonchev–Trinajstić information content (AvgIpc) is 2.88. The highest BCUT2D eigenvalue weighted by molar-refractivity contribution is 5.84. The van der Waals surface area contributed by atoms with Crippen molar-refractivity contribution in [2.24, 2.45) is 17.8 Å². The lowest BCUT2D eigenvalue weighted by Crippen LogP contribution is -2.02. The van der Waals surface area contributed by atoms with E-state index in [1.165, 1.54) is 25.7 Å². The summed E-state index contributed by atoms with van der Waals surface area (Å²) in [5.74, 6) is 2.54. The van der Waals surface area contributed by atoms with Gasteiger partial charge in [-0.15, -0.1) is 6.58 Å². The van der Waals surface area contributed by atoms with Crippen molar-refractivity contribution in [3.63, 3.8) is 0 Å². The van der Waals surface area contributed by atoms with E-state index in [1.54, 1.807) is 0 Å². The van der Waals surface area contributed by atoms with Crippen molar-refractivity contribution in [3.05, 3.63) is 12.7 Å². The summed E-state index contributed by atoms with van der Waals surface area (Å²) < 4.78 is 0. The summed E-state index contributed by atoms with van der Waals surface area (Å²) in [6.45, 7) is 3.65. The summed E-state index contributed by atoms with van der Waals surface area (Å²) in [7, 11) is 0. The van der Waals surface area contributed by atoms with Gasteiger partial charge in [0, 0.05) is 12.3 Å². The van der Waals surface area contributed by atoms with Gasteiger partial charge < -0.3 is 0 Å². The molecule has 0 aromatic heterocycles. The molecule has 2 atom stereocenters. The van der Waals surface area contributed by atoms with Crippen molar-refractivity contribution in [1.29, 1.82) is 0 Å². The molecule has 0 aliphatic heterocycles. The Morgan fingerprint density at radius 2 is 1.92 bits per heavy atom. The number of Topliss-reactive ketones (excluding diaryl/α,β-unsaturated/α-hetero) is 1. The van der Waals surface area contributed by atoms with E-state index < -0.39 is 0 Å². The molecule has 13 heavy (non-hydrogen) atoms. The Bertz CT molecular complexity index is 207. The van der Waals surface area contributed by atoms with Gasteiger partial charge in [0.25, 0.3) is 0 Å². The largest absolute Gasteiger partial charge is 0.299 e. The molecule has 0 amide bonds. The molecule has 2 aliphatic rings. The van der Waals surface area contributed by atoms with Gasteiger partial charge in [-0.1, -0.05) is 18.9 Å². The second kappa shape index (κ2) is 3.65. The lowest BCUT2D eigenvalue weighted by molar-refractivity contribution is -0.120. The topological polar surface area (TPSA) is 17.1 Å². The highest BCUT2D eigenvalue weighted by atomic mass is 16.1. The molecule has 2 saturated carbocycles. The molecule has 0 spiro atoms. The second-order valence-electron chi connectivity index (χ2n) is 4.43. The zero-order valence-electron chi connectivity index (χ0n) is 8.17. The zero-order valence-corrected chi connectivity index (χ0v) is 8.17. The van der Waals surface area contributed by atoms with E-state index in [2.05, 4.69) is 6.58 Å². The fraction of sp³-hybridized carbons (Fsp3) is 0.750. The maximum absolute atomic E-state index is 11.7. The zero-order chi connectivity index (χ0) is 9.26. The van der Waals surface area contributed by atoms with E-state index in [1.807, 2.05) is 6.08 Å². The van der Waals surface area contributed by atoms with Crippen LogP contribution in [0.5, 0.6) is 0 Å². The molecule has 0 bridgehead atoms. The van der Waals surface area contributed by atoms with Crippen molar-refractivity contribution in [3.8, 4) is 0 Å². The minimum absolute atomic E-state index is 0.461. The molecule has 0 heterocycles. The van der Waals surface area contributed by atoms with E-state index in [0.717, 1.165) is 24.7 Å². The van der Waals surface area contributed by atoms with Crippen LogP contribution < -0.4 is 0 Å². The van der Waals surface area contributed by atoms with Gasteiger partial charge in [-0.3, -0.25) is 4.79 Å². The molecule has 72 valence electrons. The fourth-order valence-electron chi connectivity index (χ4n) is 2.88. The van der Waals surface area contributed by atoms with Crippen LogP contribution in [0.4, 0.5) is 0 Å². The quantitative estimate of drug-likeness (QED) is 0.605. The van der Waals surface area contributed by atoms with Crippen LogP contribution in [0.2, 0.25) is 0 Å². The van der Waals surface area contributed by atoms with Gasteiger partial charge in [0.05, 0.1) is 0 Å². The second-order valence-corrected chi connectivity index (χ2v) is 4.43. The molecule has 0 aromatic rings.